The van der Waals surface area contributed by atoms with Gasteiger partial charge in [-0.3, -0.25) is 14.3 Å². The minimum atomic E-state index is -0.124. The molecule has 1 fully saturated rings. The van der Waals surface area contributed by atoms with Crippen LogP contribution in [0.15, 0.2) is 91.3 Å². The van der Waals surface area contributed by atoms with Crippen LogP contribution in [0.3, 0.4) is 0 Å². The average molecular weight is 465 g/mol. The highest BCUT2D eigenvalue weighted by atomic mass is 16.2. The van der Waals surface area contributed by atoms with E-state index < -0.39 is 0 Å². The molecule has 1 aliphatic heterocycles. The lowest BCUT2D eigenvalue weighted by Crippen LogP contribution is -2.35. The molecule has 6 heteroatoms. The van der Waals surface area contributed by atoms with E-state index in [9.17, 15) is 9.59 Å². The fourth-order valence-electron chi connectivity index (χ4n) is 4.49. The summed E-state index contributed by atoms with van der Waals surface area (Å²) < 4.78 is 1.88. The Balaban J connectivity index is 1.28. The number of piperidine rings is 1. The Kier molecular flexibility index (Phi) is 6.70. The second-order valence-electron chi connectivity index (χ2n) is 8.80. The van der Waals surface area contributed by atoms with Gasteiger partial charge in [0.25, 0.3) is 5.91 Å². The third kappa shape index (κ3) is 5.32. The van der Waals surface area contributed by atoms with E-state index in [2.05, 4.69) is 22.5 Å². The number of hydrogen-bond donors (Lipinski definition) is 1. The number of hydrogen-bond acceptors (Lipinski definition) is 3. The topological polar surface area (TPSA) is 67.2 Å². The van der Waals surface area contributed by atoms with Crippen LogP contribution in [0.25, 0.3) is 11.1 Å². The lowest BCUT2D eigenvalue weighted by molar-refractivity contribution is -0.119. The van der Waals surface area contributed by atoms with Gasteiger partial charge >= 0.3 is 0 Å². The molecule has 5 rings (SSSR count). The Morgan fingerprint density at radius 1 is 0.914 bits per heavy atom. The first-order chi connectivity index (χ1) is 17.2. The van der Waals surface area contributed by atoms with Gasteiger partial charge in [-0.25, -0.2) is 0 Å². The zero-order chi connectivity index (χ0) is 24.0. The first-order valence-electron chi connectivity index (χ1n) is 12.0. The van der Waals surface area contributed by atoms with Crippen molar-refractivity contribution in [1.29, 1.82) is 0 Å². The molecule has 2 amide bonds. The van der Waals surface area contributed by atoms with Gasteiger partial charge in [0.1, 0.15) is 0 Å². The van der Waals surface area contributed by atoms with Crippen LogP contribution in [0.1, 0.15) is 40.7 Å². The number of carbonyl (C=O) groups excluding carboxylic acids is 2. The molecular formula is C29H28N4O2. The van der Waals surface area contributed by atoms with Crippen LogP contribution in [-0.4, -0.2) is 28.1 Å². The Morgan fingerprint density at radius 3 is 2.57 bits per heavy atom. The van der Waals surface area contributed by atoms with Crippen LogP contribution < -0.4 is 10.2 Å². The number of nitrogens with one attached hydrogen (secondary N) is 1. The summed E-state index contributed by atoms with van der Waals surface area (Å²) in [5.41, 5.74) is 5.53. The summed E-state index contributed by atoms with van der Waals surface area (Å²) in [6, 6.07) is 25.7. The number of aromatic nitrogens is 2. The molecular weight excluding hydrogens is 436 g/mol. The largest absolute Gasteiger partial charge is 0.348 e. The summed E-state index contributed by atoms with van der Waals surface area (Å²) in [6.45, 7) is 1.85. The number of carbonyl (C=O) groups is 2. The molecule has 0 bridgehead atoms. The van der Waals surface area contributed by atoms with Gasteiger partial charge in [-0.05, 0) is 59.4 Å². The molecule has 2 heterocycles. The third-order valence-electron chi connectivity index (χ3n) is 6.34. The normalized spacial score (nSPS) is 13.6. The zero-order valence-corrected chi connectivity index (χ0v) is 19.6. The van der Waals surface area contributed by atoms with Gasteiger partial charge in [-0.1, -0.05) is 54.6 Å². The minimum absolute atomic E-state index is 0.124. The van der Waals surface area contributed by atoms with Crippen LogP contribution in [0.4, 0.5) is 5.69 Å². The molecule has 0 unspecified atom stereocenters. The molecule has 0 aliphatic carbocycles. The van der Waals surface area contributed by atoms with Crippen LogP contribution in [0, 0.1) is 0 Å². The van der Waals surface area contributed by atoms with Gasteiger partial charge in [0.05, 0.1) is 6.54 Å². The average Bonchev–Trinajstić information content (AvgIpc) is 3.41. The first-order valence-corrected chi connectivity index (χ1v) is 12.0. The smallest absolute Gasteiger partial charge is 0.252 e. The van der Waals surface area contributed by atoms with Crippen molar-refractivity contribution in [3.05, 3.63) is 108 Å². The molecule has 3 aromatic carbocycles. The summed E-state index contributed by atoms with van der Waals surface area (Å²) in [4.78, 5) is 27.3. The van der Waals surface area contributed by atoms with E-state index in [1.165, 1.54) is 0 Å². The summed E-state index contributed by atoms with van der Waals surface area (Å²) >= 11 is 0. The number of anilines is 1. The molecule has 1 saturated heterocycles. The fraction of sp³-hybridized carbons (Fsp3) is 0.207. The van der Waals surface area contributed by atoms with E-state index >= 15 is 0 Å². The summed E-state index contributed by atoms with van der Waals surface area (Å²) in [5, 5.41) is 7.31. The Labute approximate surface area is 205 Å². The summed E-state index contributed by atoms with van der Waals surface area (Å²) in [7, 11) is 0. The number of amides is 2. The van der Waals surface area contributed by atoms with Crippen molar-refractivity contribution in [2.75, 3.05) is 11.4 Å². The third-order valence-corrected chi connectivity index (χ3v) is 6.34. The van der Waals surface area contributed by atoms with Crippen LogP contribution in [0.2, 0.25) is 0 Å². The predicted molar refractivity (Wildman–Crippen MR) is 137 cm³/mol. The standard InChI is InChI=1S/C29H28N4O2/c34-28-11-3-4-18-33(28)25-8-5-7-23(19-25)20-30-29(35)27-10-2-1-9-26(27)24-14-12-22(13-15-24)21-32-17-6-16-31-32/h1-2,5-10,12-17,19H,3-4,11,18,20-21H2,(H,30,35). The van der Waals surface area contributed by atoms with Gasteiger partial charge in [0.15, 0.2) is 0 Å². The molecule has 35 heavy (non-hydrogen) atoms. The number of nitrogens with zero attached hydrogens (tertiary/aromatic N) is 3. The fourth-order valence-corrected chi connectivity index (χ4v) is 4.49. The van der Waals surface area contributed by atoms with Crippen LogP contribution >= 0.6 is 0 Å². The lowest BCUT2D eigenvalue weighted by Gasteiger charge is -2.27. The molecule has 0 radical (unpaired) electrons. The van der Waals surface area contributed by atoms with Crippen molar-refractivity contribution in [3.8, 4) is 11.1 Å². The van der Waals surface area contributed by atoms with Crippen molar-refractivity contribution < 1.29 is 9.59 Å². The molecule has 1 aromatic heterocycles. The Hall–Kier alpha value is -4.19. The van der Waals surface area contributed by atoms with Crippen molar-refractivity contribution in [2.24, 2.45) is 0 Å². The van der Waals surface area contributed by atoms with E-state index in [0.717, 1.165) is 47.3 Å². The summed E-state index contributed by atoms with van der Waals surface area (Å²) in [6.07, 6.45) is 6.29. The van der Waals surface area contributed by atoms with Crippen molar-refractivity contribution in [1.82, 2.24) is 15.1 Å². The first kappa shape index (κ1) is 22.6. The van der Waals surface area contributed by atoms with Gasteiger partial charge in [0, 0.05) is 43.2 Å². The highest BCUT2D eigenvalue weighted by molar-refractivity contribution is 6.01. The van der Waals surface area contributed by atoms with Gasteiger partial charge in [-0.2, -0.15) is 5.10 Å². The quantitative estimate of drug-likeness (QED) is 0.416. The van der Waals surface area contributed by atoms with E-state index in [1.54, 1.807) is 6.20 Å². The van der Waals surface area contributed by atoms with Crippen LogP contribution in [0.5, 0.6) is 0 Å². The maximum Gasteiger partial charge on any atom is 0.252 e. The van der Waals surface area contributed by atoms with Gasteiger partial charge < -0.3 is 10.2 Å². The summed E-state index contributed by atoms with van der Waals surface area (Å²) in [5.74, 6) is 0.0441. The van der Waals surface area contributed by atoms with E-state index in [4.69, 9.17) is 0 Å². The lowest BCUT2D eigenvalue weighted by atomic mass is 9.98. The molecule has 4 aromatic rings. The predicted octanol–water partition coefficient (Wildman–Crippen LogP) is 5.05. The minimum Gasteiger partial charge on any atom is -0.348 e. The van der Waals surface area contributed by atoms with E-state index in [-0.39, 0.29) is 11.8 Å². The monoisotopic (exact) mass is 464 g/mol. The Morgan fingerprint density at radius 2 is 1.77 bits per heavy atom. The highest BCUT2D eigenvalue weighted by Gasteiger charge is 2.20. The molecule has 0 spiro atoms. The SMILES string of the molecule is O=C(NCc1cccc(N2CCCCC2=O)c1)c1ccccc1-c1ccc(Cn2cccn2)cc1. The van der Waals surface area contributed by atoms with Crippen molar-refractivity contribution >= 4 is 17.5 Å². The molecule has 0 saturated carbocycles. The van der Waals surface area contributed by atoms with Gasteiger partial charge in [-0.15, -0.1) is 0 Å². The molecule has 1 aliphatic rings. The molecule has 0 atom stereocenters. The molecule has 176 valence electrons. The Bertz CT molecular complexity index is 1310. The number of benzene rings is 3. The van der Waals surface area contributed by atoms with E-state index in [1.807, 2.05) is 82.5 Å². The van der Waals surface area contributed by atoms with Crippen LogP contribution in [-0.2, 0) is 17.9 Å². The second kappa shape index (κ2) is 10.4. The second-order valence-corrected chi connectivity index (χ2v) is 8.80. The van der Waals surface area contributed by atoms with E-state index in [0.29, 0.717) is 25.1 Å². The van der Waals surface area contributed by atoms with Crippen molar-refractivity contribution in [3.63, 3.8) is 0 Å². The van der Waals surface area contributed by atoms with Gasteiger partial charge in [0.2, 0.25) is 5.91 Å². The maximum absolute atomic E-state index is 13.1. The maximum atomic E-state index is 13.1. The number of rotatable bonds is 7. The molecule has 1 N–H and O–H groups in total. The highest BCUT2D eigenvalue weighted by Crippen LogP contribution is 2.25. The molecule has 6 nitrogen and oxygen atoms in total. The zero-order valence-electron chi connectivity index (χ0n) is 19.6. The van der Waals surface area contributed by atoms with Crippen molar-refractivity contribution in [2.45, 2.75) is 32.4 Å².